The number of methoxy groups -OCH3 is 1. The molecule has 0 heterocycles. The molecule has 142 valence electrons. The molecule has 0 aliphatic heterocycles. The van der Waals surface area contributed by atoms with Crippen LogP contribution in [0.15, 0.2) is 17.2 Å². The number of hydrazone groups is 1. The molecule has 0 aromatic heterocycles. The number of halogens is 8. The van der Waals surface area contributed by atoms with Crippen molar-refractivity contribution in [2.75, 3.05) is 13.7 Å². The largest absolute Gasteiger partial charge is 0.493 e. The summed E-state index contributed by atoms with van der Waals surface area (Å²) in [5.41, 5.74) is 0.492. The van der Waals surface area contributed by atoms with Crippen molar-refractivity contribution < 1.29 is 40.2 Å². The second-order valence-corrected chi connectivity index (χ2v) is 4.89. The highest BCUT2D eigenvalue weighted by molar-refractivity contribution is 6.32. The number of nitrogens with zero attached hydrogens (tertiary/aromatic N) is 1. The van der Waals surface area contributed by atoms with Crippen molar-refractivity contribution in [2.45, 2.75) is 25.1 Å². The molecular weight excluding hydrogens is 385 g/mol. The minimum atomic E-state index is -6.45. The molecule has 1 N–H and O–H groups in total. The van der Waals surface area contributed by atoms with Gasteiger partial charge in [0.1, 0.15) is 0 Å². The molecule has 0 saturated carbocycles. The van der Waals surface area contributed by atoms with E-state index in [9.17, 15) is 30.7 Å². The van der Waals surface area contributed by atoms with E-state index in [0.29, 0.717) is 11.6 Å². The summed E-state index contributed by atoms with van der Waals surface area (Å²) in [6.45, 7) is 1.90. The standard InChI is InChI=1S/C13H12ClF7N2O2/c1-3-25-10-8(14)4-7(5-9(10)24-2)6-22-23-13(20,21)11(15,16)12(17,18)19/h4-6,23H,3H2,1-2H3/b22-6+. The lowest BCUT2D eigenvalue weighted by Gasteiger charge is -2.27. The van der Waals surface area contributed by atoms with Gasteiger partial charge in [0.05, 0.1) is 25.0 Å². The van der Waals surface area contributed by atoms with Crippen molar-refractivity contribution in [3.63, 3.8) is 0 Å². The second kappa shape index (κ2) is 7.54. The lowest BCUT2D eigenvalue weighted by atomic mass is 10.2. The summed E-state index contributed by atoms with van der Waals surface area (Å²) in [6, 6.07) is -3.27. The average Bonchev–Trinajstić information content (AvgIpc) is 2.48. The fourth-order valence-electron chi connectivity index (χ4n) is 1.53. The van der Waals surface area contributed by atoms with Gasteiger partial charge in [0.15, 0.2) is 11.5 Å². The van der Waals surface area contributed by atoms with E-state index in [1.54, 1.807) is 6.92 Å². The van der Waals surface area contributed by atoms with Crippen LogP contribution in [0.5, 0.6) is 11.5 Å². The Morgan fingerprint density at radius 1 is 1.16 bits per heavy atom. The molecule has 0 saturated heterocycles. The van der Waals surface area contributed by atoms with Crippen LogP contribution >= 0.6 is 11.6 Å². The molecule has 0 radical (unpaired) electrons. The van der Waals surface area contributed by atoms with Crippen molar-refractivity contribution in [3.05, 3.63) is 22.7 Å². The molecule has 4 nitrogen and oxygen atoms in total. The smallest absolute Gasteiger partial charge is 0.462 e. The van der Waals surface area contributed by atoms with Crippen LogP contribution in [0.25, 0.3) is 0 Å². The number of hydrogen-bond acceptors (Lipinski definition) is 4. The van der Waals surface area contributed by atoms with Crippen LogP contribution in [-0.2, 0) is 0 Å². The number of alkyl halides is 7. The highest BCUT2D eigenvalue weighted by Crippen LogP contribution is 2.45. The number of benzene rings is 1. The van der Waals surface area contributed by atoms with E-state index in [4.69, 9.17) is 21.1 Å². The Kier molecular flexibility index (Phi) is 6.38. The average molecular weight is 397 g/mol. The number of hydrogen-bond donors (Lipinski definition) is 1. The van der Waals surface area contributed by atoms with Gasteiger partial charge < -0.3 is 9.47 Å². The molecule has 0 fully saturated rings. The molecule has 0 aliphatic rings. The van der Waals surface area contributed by atoms with Gasteiger partial charge in [-0.05, 0) is 24.6 Å². The van der Waals surface area contributed by atoms with Crippen molar-refractivity contribution >= 4 is 17.8 Å². The Labute approximate surface area is 142 Å². The lowest BCUT2D eigenvalue weighted by molar-refractivity contribution is -0.361. The van der Waals surface area contributed by atoms with E-state index in [1.165, 1.54) is 19.2 Å². The first-order valence-electron chi connectivity index (χ1n) is 6.50. The minimum absolute atomic E-state index is 0.00460. The van der Waals surface area contributed by atoms with Crippen molar-refractivity contribution in [1.82, 2.24) is 5.43 Å². The van der Waals surface area contributed by atoms with Crippen molar-refractivity contribution in [3.8, 4) is 11.5 Å². The zero-order chi connectivity index (χ0) is 19.5. The molecule has 0 atom stereocenters. The van der Waals surface area contributed by atoms with Gasteiger partial charge in [-0.3, -0.25) is 0 Å². The van der Waals surface area contributed by atoms with Gasteiger partial charge >= 0.3 is 18.1 Å². The van der Waals surface area contributed by atoms with Gasteiger partial charge in [-0.1, -0.05) is 11.6 Å². The summed E-state index contributed by atoms with van der Waals surface area (Å²) < 4.78 is 97.5. The summed E-state index contributed by atoms with van der Waals surface area (Å²) in [6.07, 6.45) is -5.88. The fourth-order valence-corrected chi connectivity index (χ4v) is 1.81. The minimum Gasteiger partial charge on any atom is -0.493 e. The Balaban J connectivity index is 3.02. The van der Waals surface area contributed by atoms with Crippen LogP contribution in [0.4, 0.5) is 30.7 Å². The predicted molar refractivity (Wildman–Crippen MR) is 75.9 cm³/mol. The lowest BCUT2D eigenvalue weighted by Crippen LogP contribution is -2.58. The third-order valence-electron chi connectivity index (χ3n) is 2.71. The maximum absolute atomic E-state index is 13.0. The number of rotatable bonds is 7. The SMILES string of the molecule is CCOc1c(Cl)cc(/C=N/NC(F)(F)C(F)(F)C(F)(F)F)cc1OC. The van der Waals surface area contributed by atoms with Gasteiger partial charge in [0.2, 0.25) is 0 Å². The molecule has 0 aliphatic carbocycles. The highest BCUT2D eigenvalue weighted by atomic mass is 35.5. The first kappa shape index (κ1) is 21.1. The van der Waals surface area contributed by atoms with E-state index in [-0.39, 0.29) is 28.7 Å². The van der Waals surface area contributed by atoms with E-state index in [0.717, 1.165) is 0 Å². The topological polar surface area (TPSA) is 42.8 Å². The quantitative estimate of drug-likeness (QED) is 0.320. The Hall–Kier alpha value is -1.91. The zero-order valence-corrected chi connectivity index (χ0v) is 13.5. The molecule has 0 bridgehead atoms. The van der Waals surface area contributed by atoms with E-state index < -0.39 is 18.1 Å². The maximum Gasteiger partial charge on any atom is 0.462 e. The van der Waals surface area contributed by atoms with Gasteiger partial charge in [-0.15, -0.1) is 0 Å². The summed E-state index contributed by atoms with van der Waals surface area (Å²) in [5.74, 6) is -6.08. The van der Waals surface area contributed by atoms with Crippen molar-refractivity contribution in [2.24, 2.45) is 5.10 Å². The fraction of sp³-hybridized carbons (Fsp3) is 0.462. The Bertz CT molecular complexity index is 636. The van der Waals surface area contributed by atoms with Crippen LogP contribution in [0, 0.1) is 0 Å². The monoisotopic (exact) mass is 396 g/mol. The molecule has 0 amide bonds. The molecule has 0 spiro atoms. The zero-order valence-electron chi connectivity index (χ0n) is 12.7. The summed E-state index contributed by atoms with van der Waals surface area (Å²) in [4.78, 5) is 0. The molecule has 1 rings (SSSR count). The van der Waals surface area contributed by atoms with Gasteiger partial charge in [-0.25, -0.2) is 5.43 Å². The van der Waals surface area contributed by atoms with Crippen LogP contribution in [0.3, 0.4) is 0 Å². The molecule has 0 unspecified atom stereocenters. The number of nitrogens with one attached hydrogen (secondary N) is 1. The van der Waals surface area contributed by atoms with Gasteiger partial charge in [0, 0.05) is 0 Å². The third kappa shape index (κ3) is 4.59. The van der Waals surface area contributed by atoms with Crippen LogP contribution < -0.4 is 14.9 Å². The van der Waals surface area contributed by atoms with Crippen molar-refractivity contribution in [1.29, 1.82) is 0 Å². The third-order valence-corrected chi connectivity index (χ3v) is 2.99. The van der Waals surface area contributed by atoms with E-state index in [1.807, 2.05) is 0 Å². The normalized spacial score (nSPS) is 13.2. The maximum atomic E-state index is 13.0. The number of ether oxygens (including phenoxy) is 2. The van der Waals surface area contributed by atoms with Crippen LogP contribution in [0.2, 0.25) is 5.02 Å². The molecular formula is C13H12ClF7N2O2. The van der Waals surface area contributed by atoms with Gasteiger partial charge in [0.25, 0.3) is 0 Å². The molecule has 12 heteroatoms. The first-order valence-corrected chi connectivity index (χ1v) is 6.88. The Morgan fingerprint density at radius 3 is 2.24 bits per heavy atom. The molecule has 1 aromatic carbocycles. The van der Waals surface area contributed by atoms with E-state index >= 15 is 0 Å². The summed E-state index contributed by atoms with van der Waals surface area (Å²) in [7, 11) is 1.26. The highest BCUT2D eigenvalue weighted by Gasteiger charge is 2.73. The first-order chi connectivity index (χ1) is 11.4. The van der Waals surface area contributed by atoms with Gasteiger partial charge in [-0.2, -0.15) is 35.8 Å². The predicted octanol–water partition coefficient (Wildman–Crippen LogP) is 4.46. The Morgan fingerprint density at radius 2 is 1.76 bits per heavy atom. The second-order valence-electron chi connectivity index (χ2n) is 4.48. The summed E-state index contributed by atoms with van der Waals surface area (Å²) in [5, 5.41) is 2.72. The molecule has 25 heavy (non-hydrogen) atoms. The summed E-state index contributed by atoms with van der Waals surface area (Å²) >= 11 is 5.89. The van der Waals surface area contributed by atoms with E-state index in [2.05, 4.69) is 5.10 Å². The van der Waals surface area contributed by atoms with Crippen LogP contribution in [-0.4, -0.2) is 38.1 Å². The molecule has 1 aromatic rings. The van der Waals surface area contributed by atoms with Crippen LogP contribution in [0.1, 0.15) is 12.5 Å².